The molecule has 2 atom stereocenters. The van der Waals surface area contributed by atoms with Crippen molar-refractivity contribution in [1.82, 2.24) is 29.9 Å². The molecule has 37 heavy (non-hydrogen) atoms. The Hall–Kier alpha value is -3.76. The topological polar surface area (TPSA) is 126 Å². The summed E-state index contributed by atoms with van der Waals surface area (Å²) in [7, 11) is 3.29. The second-order valence-electron chi connectivity index (χ2n) is 9.54. The van der Waals surface area contributed by atoms with Crippen molar-refractivity contribution in [1.29, 1.82) is 0 Å². The zero-order valence-corrected chi connectivity index (χ0v) is 22.1. The standard InChI is InChI=1S/C26H35N7O4/c1-16(2)37-24-14-27-13-23(30-24)28-12-21-25(31-32-33(21)4)20-10-11-22(17(3)29-20)36-15-18-8-6-7-9-19(18)26(34)35-5/h10-11,13-14,16,18-19H,6-9,12,15H2,1-5H3,(H,28,30)/t18-,19+/m1/s1. The van der Waals surface area contributed by atoms with Crippen molar-refractivity contribution >= 4 is 11.8 Å². The lowest BCUT2D eigenvalue weighted by molar-refractivity contribution is -0.149. The van der Waals surface area contributed by atoms with Crippen LogP contribution in [0.5, 0.6) is 11.6 Å². The highest BCUT2D eigenvalue weighted by Gasteiger charge is 2.32. The van der Waals surface area contributed by atoms with Gasteiger partial charge in [-0.3, -0.25) is 9.78 Å². The van der Waals surface area contributed by atoms with Crippen LogP contribution < -0.4 is 14.8 Å². The van der Waals surface area contributed by atoms with Crippen molar-refractivity contribution < 1.29 is 19.0 Å². The normalized spacial score (nSPS) is 17.5. The van der Waals surface area contributed by atoms with Crippen molar-refractivity contribution in [2.45, 2.75) is 59.1 Å². The van der Waals surface area contributed by atoms with Gasteiger partial charge in [-0.15, -0.1) is 5.10 Å². The Morgan fingerprint density at radius 3 is 2.76 bits per heavy atom. The molecule has 0 aliphatic heterocycles. The molecule has 0 amide bonds. The van der Waals surface area contributed by atoms with Crippen LogP contribution in [-0.2, 0) is 23.1 Å². The second-order valence-corrected chi connectivity index (χ2v) is 9.54. The van der Waals surface area contributed by atoms with Crippen LogP contribution in [0.3, 0.4) is 0 Å². The van der Waals surface area contributed by atoms with Crippen LogP contribution in [0.25, 0.3) is 11.4 Å². The quantitative estimate of drug-likeness (QED) is 0.404. The fraction of sp³-hybridized carbons (Fsp3) is 0.538. The molecule has 0 radical (unpaired) electrons. The lowest BCUT2D eigenvalue weighted by atomic mass is 9.80. The van der Waals surface area contributed by atoms with Crippen LogP contribution in [0.2, 0.25) is 0 Å². The average Bonchev–Trinajstić information content (AvgIpc) is 3.26. The van der Waals surface area contributed by atoms with E-state index in [4.69, 9.17) is 19.2 Å². The van der Waals surface area contributed by atoms with Crippen molar-refractivity contribution in [3.8, 4) is 23.0 Å². The Kier molecular flexibility index (Phi) is 8.52. The minimum Gasteiger partial charge on any atom is -0.491 e. The molecule has 11 nitrogen and oxygen atoms in total. The van der Waals surface area contributed by atoms with E-state index in [1.807, 2.05) is 40.0 Å². The number of pyridine rings is 1. The number of aryl methyl sites for hydroxylation is 2. The summed E-state index contributed by atoms with van der Waals surface area (Å²) >= 11 is 0. The molecule has 0 aromatic carbocycles. The molecule has 1 aliphatic rings. The van der Waals surface area contributed by atoms with Crippen molar-refractivity contribution in [2.24, 2.45) is 18.9 Å². The molecule has 1 aliphatic carbocycles. The fourth-order valence-corrected chi connectivity index (χ4v) is 4.58. The summed E-state index contributed by atoms with van der Waals surface area (Å²) in [6, 6.07) is 3.78. The minimum absolute atomic E-state index is 0.00985. The van der Waals surface area contributed by atoms with E-state index in [2.05, 4.69) is 25.6 Å². The van der Waals surface area contributed by atoms with Gasteiger partial charge in [0.05, 0.1) is 61.8 Å². The van der Waals surface area contributed by atoms with E-state index < -0.39 is 0 Å². The number of rotatable bonds is 10. The molecule has 0 unspecified atom stereocenters. The van der Waals surface area contributed by atoms with Crippen molar-refractivity contribution in [2.75, 3.05) is 19.0 Å². The molecule has 3 aromatic heterocycles. The zero-order chi connectivity index (χ0) is 26.4. The highest BCUT2D eigenvalue weighted by molar-refractivity contribution is 5.72. The van der Waals surface area contributed by atoms with Gasteiger partial charge in [-0.05, 0) is 45.7 Å². The predicted molar refractivity (Wildman–Crippen MR) is 137 cm³/mol. The highest BCUT2D eigenvalue weighted by Crippen LogP contribution is 2.32. The van der Waals surface area contributed by atoms with E-state index in [1.165, 1.54) is 7.11 Å². The first-order valence-electron chi connectivity index (χ1n) is 12.7. The second kappa shape index (κ2) is 12.0. The van der Waals surface area contributed by atoms with Gasteiger partial charge in [0.1, 0.15) is 17.3 Å². The molecule has 1 N–H and O–H groups in total. The van der Waals surface area contributed by atoms with Crippen molar-refractivity contribution in [3.63, 3.8) is 0 Å². The van der Waals surface area contributed by atoms with Gasteiger partial charge < -0.3 is 19.5 Å². The van der Waals surface area contributed by atoms with Gasteiger partial charge in [-0.1, -0.05) is 18.1 Å². The van der Waals surface area contributed by atoms with Crippen molar-refractivity contribution in [3.05, 3.63) is 35.9 Å². The summed E-state index contributed by atoms with van der Waals surface area (Å²) in [6.07, 6.45) is 7.19. The summed E-state index contributed by atoms with van der Waals surface area (Å²) in [5.41, 5.74) is 2.96. The number of methoxy groups -OCH3 is 1. The molecule has 3 heterocycles. The number of aromatic nitrogens is 6. The zero-order valence-electron chi connectivity index (χ0n) is 22.1. The molecule has 1 fully saturated rings. The average molecular weight is 510 g/mol. The molecule has 198 valence electrons. The molecular formula is C26H35N7O4. The first-order chi connectivity index (χ1) is 17.9. The first-order valence-corrected chi connectivity index (χ1v) is 12.7. The number of nitrogens with one attached hydrogen (secondary N) is 1. The Morgan fingerprint density at radius 2 is 2.00 bits per heavy atom. The fourth-order valence-electron chi connectivity index (χ4n) is 4.58. The van der Waals surface area contributed by atoms with Gasteiger partial charge in [-0.2, -0.15) is 4.98 Å². The Morgan fingerprint density at radius 1 is 1.19 bits per heavy atom. The number of carbonyl (C=O) groups excluding carboxylic acids is 1. The molecule has 1 saturated carbocycles. The number of anilines is 1. The molecule has 3 aromatic rings. The number of hydrogen-bond donors (Lipinski definition) is 1. The van der Waals surface area contributed by atoms with Gasteiger partial charge in [-0.25, -0.2) is 9.67 Å². The molecule has 11 heteroatoms. The molecular weight excluding hydrogens is 474 g/mol. The van der Waals surface area contributed by atoms with E-state index in [9.17, 15) is 4.79 Å². The highest BCUT2D eigenvalue weighted by atomic mass is 16.5. The maximum Gasteiger partial charge on any atom is 0.309 e. The van der Waals surface area contributed by atoms with E-state index in [0.717, 1.165) is 37.1 Å². The van der Waals surface area contributed by atoms with Crippen LogP contribution in [0.15, 0.2) is 24.5 Å². The van der Waals surface area contributed by atoms with Crippen LogP contribution in [0.4, 0.5) is 5.82 Å². The van der Waals surface area contributed by atoms with E-state index in [0.29, 0.717) is 42.0 Å². The van der Waals surface area contributed by atoms with Gasteiger partial charge in [0.2, 0.25) is 5.88 Å². The maximum absolute atomic E-state index is 12.2. The predicted octanol–water partition coefficient (Wildman–Crippen LogP) is 3.73. The van der Waals surface area contributed by atoms with E-state index >= 15 is 0 Å². The van der Waals surface area contributed by atoms with Crippen LogP contribution in [0.1, 0.15) is 50.9 Å². The Labute approximate surface area is 217 Å². The number of ether oxygens (including phenoxy) is 3. The SMILES string of the molecule is COC(=O)[C@H]1CCCC[C@@H]1COc1ccc(-c2nnn(C)c2CNc2cncc(OC(C)C)n2)nc1C. The molecule has 0 bridgehead atoms. The number of nitrogens with zero attached hydrogens (tertiary/aromatic N) is 6. The first kappa shape index (κ1) is 26.3. The van der Waals surface area contributed by atoms with Gasteiger partial charge in [0, 0.05) is 13.0 Å². The van der Waals surface area contributed by atoms with E-state index in [1.54, 1.807) is 17.1 Å². The third-order valence-electron chi connectivity index (χ3n) is 6.49. The third-order valence-corrected chi connectivity index (χ3v) is 6.49. The number of carbonyl (C=O) groups is 1. The monoisotopic (exact) mass is 509 g/mol. The van der Waals surface area contributed by atoms with E-state index in [-0.39, 0.29) is 23.9 Å². The summed E-state index contributed by atoms with van der Waals surface area (Å²) < 4.78 is 18.5. The van der Waals surface area contributed by atoms with Gasteiger partial charge >= 0.3 is 5.97 Å². The van der Waals surface area contributed by atoms with Crippen LogP contribution in [-0.4, -0.2) is 55.7 Å². The maximum atomic E-state index is 12.2. The largest absolute Gasteiger partial charge is 0.491 e. The van der Waals surface area contributed by atoms with Crippen LogP contribution in [0, 0.1) is 18.8 Å². The Bertz CT molecular complexity index is 1210. The third kappa shape index (κ3) is 6.52. The Balaban J connectivity index is 1.44. The molecule has 0 spiro atoms. The van der Waals surface area contributed by atoms with Crippen LogP contribution >= 0.6 is 0 Å². The molecule has 4 rings (SSSR count). The lowest BCUT2D eigenvalue weighted by Gasteiger charge is -2.29. The lowest BCUT2D eigenvalue weighted by Crippen LogP contribution is -2.32. The van der Waals surface area contributed by atoms with Gasteiger partial charge in [0.15, 0.2) is 0 Å². The summed E-state index contributed by atoms with van der Waals surface area (Å²) in [5.74, 6) is 1.63. The number of hydrogen-bond acceptors (Lipinski definition) is 10. The summed E-state index contributed by atoms with van der Waals surface area (Å²) in [4.78, 5) is 25.6. The minimum atomic E-state index is -0.146. The van der Waals surface area contributed by atoms with Gasteiger partial charge in [0.25, 0.3) is 0 Å². The smallest absolute Gasteiger partial charge is 0.309 e. The molecule has 0 saturated heterocycles. The number of esters is 1. The summed E-state index contributed by atoms with van der Waals surface area (Å²) in [5, 5.41) is 11.8. The summed E-state index contributed by atoms with van der Waals surface area (Å²) in [6.45, 7) is 6.67.